The maximum atomic E-state index is 11.0. The van der Waals surface area contributed by atoms with Crippen molar-refractivity contribution in [3.05, 3.63) is 60.7 Å². The Balaban J connectivity index is 1.98. The highest BCUT2D eigenvalue weighted by molar-refractivity contribution is 6.09. The minimum Gasteiger partial charge on any atom is -0.478 e. The molecule has 2 N–H and O–H groups in total. The molecule has 0 saturated heterocycles. The average Bonchev–Trinajstić information content (AvgIpc) is 3.13. The number of H-pyrrole nitrogens is 1. The summed E-state index contributed by atoms with van der Waals surface area (Å²) < 4.78 is 1.93. The maximum Gasteiger partial charge on any atom is 0.335 e. The van der Waals surface area contributed by atoms with E-state index in [1.54, 1.807) is 24.7 Å². The fourth-order valence-corrected chi connectivity index (χ4v) is 2.60. The Kier molecular flexibility index (Phi) is 2.35. The molecule has 2 aromatic heterocycles. The van der Waals surface area contributed by atoms with E-state index in [4.69, 9.17) is 5.11 Å². The highest BCUT2D eigenvalue weighted by Gasteiger charge is 2.09. The van der Waals surface area contributed by atoms with Gasteiger partial charge in [-0.3, -0.25) is 0 Å². The van der Waals surface area contributed by atoms with Crippen LogP contribution in [0.1, 0.15) is 10.4 Å². The van der Waals surface area contributed by atoms with Crippen molar-refractivity contribution >= 4 is 27.8 Å². The van der Waals surface area contributed by atoms with E-state index in [1.165, 1.54) is 0 Å². The van der Waals surface area contributed by atoms with Crippen LogP contribution in [0.4, 0.5) is 0 Å². The Morgan fingerprint density at radius 3 is 2.76 bits per heavy atom. The Morgan fingerprint density at radius 2 is 2.00 bits per heavy atom. The van der Waals surface area contributed by atoms with Gasteiger partial charge in [-0.05, 0) is 30.3 Å². The minimum absolute atomic E-state index is 0.281. The first kappa shape index (κ1) is 11.7. The highest BCUT2D eigenvalue weighted by atomic mass is 16.4. The summed E-state index contributed by atoms with van der Waals surface area (Å²) in [5.41, 5.74) is 3.11. The first-order valence-electron chi connectivity index (χ1n) is 6.49. The summed E-state index contributed by atoms with van der Waals surface area (Å²) in [6.45, 7) is 0. The van der Waals surface area contributed by atoms with Gasteiger partial charge < -0.3 is 14.7 Å². The van der Waals surface area contributed by atoms with E-state index >= 15 is 0 Å². The van der Waals surface area contributed by atoms with Crippen LogP contribution in [0.25, 0.3) is 27.5 Å². The molecule has 2 aromatic carbocycles. The highest BCUT2D eigenvalue weighted by Crippen LogP contribution is 2.28. The fourth-order valence-electron chi connectivity index (χ4n) is 2.60. The predicted octanol–water partition coefficient (Wildman–Crippen LogP) is 3.21. The van der Waals surface area contributed by atoms with E-state index in [2.05, 4.69) is 16.0 Å². The molecule has 0 atom stereocenters. The van der Waals surface area contributed by atoms with Gasteiger partial charge in [-0.2, -0.15) is 0 Å². The number of rotatable bonds is 2. The Labute approximate surface area is 119 Å². The lowest BCUT2D eigenvalue weighted by Gasteiger charge is -2.01. The Hall–Kier alpha value is -3.08. The lowest BCUT2D eigenvalue weighted by molar-refractivity contribution is 0.0697. The first-order chi connectivity index (χ1) is 10.2. The van der Waals surface area contributed by atoms with Crippen LogP contribution in [0.5, 0.6) is 0 Å². The Bertz CT molecular complexity index is 968. The molecule has 0 fully saturated rings. The summed E-state index contributed by atoms with van der Waals surface area (Å²) in [5.74, 6) is -0.922. The first-order valence-corrected chi connectivity index (χ1v) is 6.49. The molecule has 4 rings (SSSR count). The van der Waals surface area contributed by atoms with Gasteiger partial charge in [-0.25, -0.2) is 9.78 Å². The molecule has 4 aromatic rings. The lowest BCUT2D eigenvalue weighted by atomic mass is 10.1. The van der Waals surface area contributed by atoms with Gasteiger partial charge in [0.1, 0.15) is 0 Å². The topological polar surface area (TPSA) is 70.9 Å². The molecule has 5 heteroatoms. The van der Waals surface area contributed by atoms with Crippen molar-refractivity contribution in [1.29, 1.82) is 0 Å². The normalized spacial score (nSPS) is 11.2. The van der Waals surface area contributed by atoms with Crippen molar-refractivity contribution in [2.75, 3.05) is 0 Å². The van der Waals surface area contributed by atoms with Gasteiger partial charge in [0.15, 0.2) is 0 Å². The van der Waals surface area contributed by atoms with Crippen molar-refractivity contribution in [2.45, 2.75) is 0 Å². The van der Waals surface area contributed by atoms with Crippen LogP contribution in [0.3, 0.4) is 0 Å². The van der Waals surface area contributed by atoms with Gasteiger partial charge in [-0.1, -0.05) is 6.07 Å². The number of aromatic amines is 1. The largest absolute Gasteiger partial charge is 0.478 e. The summed E-state index contributed by atoms with van der Waals surface area (Å²) in [4.78, 5) is 18.4. The summed E-state index contributed by atoms with van der Waals surface area (Å²) in [7, 11) is 0. The van der Waals surface area contributed by atoms with E-state index in [0.717, 1.165) is 27.5 Å². The number of carboxylic acids is 1. The molecule has 0 spiro atoms. The fraction of sp³-hybridized carbons (Fsp3) is 0. The molecule has 0 aliphatic rings. The number of carboxylic acid groups (broad SMARTS) is 1. The maximum absolute atomic E-state index is 11.0. The van der Waals surface area contributed by atoms with Gasteiger partial charge in [-0.15, -0.1) is 0 Å². The van der Waals surface area contributed by atoms with E-state index in [0.29, 0.717) is 0 Å². The monoisotopic (exact) mass is 277 g/mol. The third-order valence-electron chi connectivity index (χ3n) is 3.63. The summed E-state index contributed by atoms with van der Waals surface area (Å²) in [5, 5.41) is 11.1. The summed E-state index contributed by atoms with van der Waals surface area (Å²) in [6.07, 6.45) is 5.37. The summed E-state index contributed by atoms with van der Waals surface area (Å²) >= 11 is 0. The molecule has 102 valence electrons. The number of imidazole rings is 1. The smallest absolute Gasteiger partial charge is 0.335 e. The second-order valence-electron chi connectivity index (χ2n) is 4.89. The van der Waals surface area contributed by atoms with Crippen molar-refractivity contribution in [3.63, 3.8) is 0 Å². The number of aromatic nitrogens is 3. The molecule has 0 bridgehead atoms. The zero-order valence-electron chi connectivity index (χ0n) is 10.9. The van der Waals surface area contributed by atoms with Crippen LogP contribution >= 0.6 is 0 Å². The molecular formula is C16H11N3O2. The standard InChI is InChI=1S/C16H11N3O2/c20-16(21)10-1-3-12-13-8-11(19-6-5-17-9-19)2-4-14(13)18-15(12)7-10/h1-9,18H,(H,20,21). The second-order valence-corrected chi connectivity index (χ2v) is 4.89. The number of hydrogen-bond donors (Lipinski definition) is 2. The van der Waals surface area contributed by atoms with Gasteiger partial charge in [0.05, 0.1) is 11.9 Å². The number of benzene rings is 2. The predicted molar refractivity (Wildman–Crippen MR) is 79.9 cm³/mol. The number of aromatic carboxylic acids is 1. The van der Waals surface area contributed by atoms with Crippen LogP contribution in [0.2, 0.25) is 0 Å². The number of nitrogens with zero attached hydrogens (tertiary/aromatic N) is 2. The van der Waals surface area contributed by atoms with Gasteiger partial charge >= 0.3 is 5.97 Å². The molecule has 0 radical (unpaired) electrons. The number of fused-ring (bicyclic) bond motifs is 3. The second kappa shape index (κ2) is 4.21. The van der Waals surface area contributed by atoms with Crippen molar-refractivity contribution in [1.82, 2.24) is 14.5 Å². The number of carbonyl (C=O) groups is 1. The van der Waals surface area contributed by atoms with Gasteiger partial charge in [0.25, 0.3) is 0 Å². The quantitative estimate of drug-likeness (QED) is 0.591. The number of nitrogens with one attached hydrogen (secondary N) is 1. The van der Waals surface area contributed by atoms with E-state index in [1.807, 2.05) is 29.0 Å². The van der Waals surface area contributed by atoms with Crippen LogP contribution in [-0.2, 0) is 0 Å². The van der Waals surface area contributed by atoms with Crippen molar-refractivity contribution in [2.24, 2.45) is 0 Å². The van der Waals surface area contributed by atoms with Gasteiger partial charge in [0, 0.05) is 39.9 Å². The van der Waals surface area contributed by atoms with Crippen LogP contribution in [0, 0.1) is 0 Å². The number of hydrogen-bond acceptors (Lipinski definition) is 2. The zero-order chi connectivity index (χ0) is 14.4. The molecular weight excluding hydrogens is 266 g/mol. The molecule has 0 unspecified atom stereocenters. The van der Waals surface area contributed by atoms with Crippen molar-refractivity contribution in [3.8, 4) is 5.69 Å². The van der Waals surface area contributed by atoms with E-state index in [-0.39, 0.29) is 5.56 Å². The average molecular weight is 277 g/mol. The lowest BCUT2D eigenvalue weighted by Crippen LogP contribution is -1.94. The van der Waals surface area contributed by atoms with Crippen LogP contribution in [-0.4, -0.2) is 25.6 Å². The summed E-state index contributed by atoms with van der Waals surface area (Å²) in [6, 6.07) is 11.2. The zero-order valence-corrected chi connectivity index (χ0v) is 10.9. The molecule has 0 aliphatic heterocycles. The molecule has 0 saturated carbocycles. The van der Waals surface area contributed by atoms with E-state index < -0.39 is 5.97 Å². The molecule has 21 heavy (non-hydrogen) atoms. The van der Waals surface area contributed by atoms with Crippen molar-refractivity contribution < 1.29 is 9.90 Å². The third-order valence-corrected chi connectivity index (χ3v) is 3.63. The molecule has 0 amide bonds. The molecule has 0 aliphatic carbocycles. The molecule has 2 heterocycles. The molecule has 5 nitrogen and oxygen atoms in total. The SMILES string of the molecule is O=C(O)c1ccc2c(c1)[nH]c1ccc(-n3ccnc3)cc12. The Morgan fingerprint density at radius 1 is 1.10 bits per heavy atom. The van der Waals surface area contributed by atoms with Crippen LogP contribution in [0.15, 0.2) is 55.1 Å². The van der Waals surface area contributed by atoms with E-state index in [9.17, 15) is 4.79 Å². The minimum atomic E-state index is -0.922. The van der Waals surface area contributed by atoms with Crippen LogP contribution < -0.4 is 0 Å². The van der Waals surface area contributed by atoms with Gasteiger partial charge in [0.2, 0.25) is 0 Å². The third kappa shape index (κ3) is 1.79.